The monoisotopic (exact) mass is 233 g/mol. The van der Waals surface area contributed by atoms with Crippen LogP contribution in [0.2, 0.25) is 0 Å². The van der Waals surface area contributed by atoms with Crippen LogP contribution in [0.15, 0.2) is 36.5 Å². The maximum Gasteiger partial charge on any atom is 0.146 e. The molecule has 88 valence electrons. The van der Waals surface area contributed by atoms with Crippen molar-refractivity contribution in [3.63, 3.8) is 0 Å². The van der Waals surface area contributed by atoms with Gasteiger partial charge in [0, 0.05) is 24.0 Å². The number of aromatic nitrogens is 1. The van der Waals surface area contributed by atoms with Crippen LogP contribution in [0.1, 0.15) is 0 Å². The molecule has 1 aromatic heterocycles. The van der Waals surface area contributed by atoms with Crippen molar-refractivity contribution in [2.75, 3.05) is 18.2 Å². The van der Waals surface area contributed by atoms with E-state index in [0.717, 1.165) is 0 Å². The minimum atomic E-state index is -0.380. The summed E-state index contributed by atoms with van der Waals surface area (Å²) in [5.74, 6) is 0.671. The fourth-order valence-electron chi connectivity index (χ4n) is 1.38. The van der Waals surface area contributed by atoms with Crippen LogP contribution in [0, 0.1) is 5.82 Å². The highest BCUT2D eigenvalue weighted by Gasteiger charge is 2.05. The number of pyridine rings is 1. The normalized spacial score (nSPS) is 10.0. The number of nitrogens with zero attached hydrogens (tertiary/aromatic N) is 1. The Labute approximate surface area is 98.2 Å². The summed E-state index contributed by atoms with van der Waals surface area (Å²) in [5, 5.41) is 2.84. The molecule has 0 spiro atoms. The smallest absolute Gasteiger partial charge is 0.146 e. The van der Waals surface area contributed by atoms with Crippen LogP contribution >= 0.6 is 0 Å². The SMILES string of the molecule is COc1ccc(F)c(Nc2cc(N)ccn2)c1. The largest absolute Gasteiger partial charge is 0.497 e. The highest BCUT2D eigenvalue weighted by atomic mass is 19.1. The van der Waals surface area contributed by atoms with Gasteiger partial charge in [0.25, 0.3) is 0 Å². The predicted octanol–water partition coefficient (Wildman–Crippen LogP) is 2.56. The molecule has 1 aromatic carbocycles. The molecule has 0 aliphatic carbocycles. The summed E-state index contributed by atoms with van der Waals surface area (Å²) < 4.78 is 18.5. The molecule has 1 heterocycles. The summed E-state index contributed by atoms with van der Waals surface area (Å²) in [6, 6.07) is 7.72. The van der Waals surface area contributed by atoms with Crippen molar-refractivity contribution in [2.24, 2.45) is 0 Å². The molecular weight excluding hydrogens is 221 g/mol. The highest BCUT2D eigenvalue weighted by molar-refractivity contribution is 5.61. The van der Waals surface area contributed by atoms with Crippen molar-refractivity contribution in [2.45, 2.75) is 0 Å². The van der Waals surface area contributed by atoms with Gasteiger partial charge in [-0.3, -0.25) is 0 Å². The van der Waals surface area contributed by atoms with Gasteiger partial charge in [0.1, 0.15) is 17.4 Å². The maximum absolute atomic E-state index is 13.5. The molecule has 2 aromatic rings. The number of halogens is 1. The van der Waals surface area contributed by atoms with E-state index in [1.165, 1.54) is 13.2 Å². The zero-order valence-electron chi connectivity index (χ0n) is 9.27. The van der Waals surface area contributed by atoms with Crippen LogP contribution in [0.4, 0.5) is 21.6 Å². The van der Waals surface area contributed by atoms with Gasteiger partial charge in [0.2, 0.25) is 0 Å². The number of hydrogen-bond donors (Lipinski definition) is 2. The predicted molar refractivity (Wildman–Crippen MR) is 64.9 cm³/mol. The number of nitrogens with two attached hydrogens (primary N) is 1. The van der Waals surface area contributed by atoms with E-state index in [0.29, 0.717) is 22.9 Å². The molecule has 0 radical (unpaired) electrons. The molecule has 0 aliphatic rings. The number of ether oxygens (including phenoxy) is 1. The molecule has 5 heteroatoms. The molecule has 0 aliphatic heterocycles. The molecule has 4 nitrogen and oxygen atoms in total. The second kappa shape index (κ2) is 4.69. The van der Waals surface area contributed by atoms with E-state index >= 15 is 0 Å². The lowest BCUT2D eigenvalue weighted by Crippen LogP contribution is -1.98. The first kappa shape index (κ1) is 11.2. The Hall–Kier alpha value is -2.30. The average Bonchev–Trinajstić information content (AvgIpc) is 2.32. The number of hydrogen-bond acceptors (Lipinski definition) is 4. The average molecular weight is 233 g/mol. The van der Waals surface area contributed by atoms with Gasteiger partial charge < -0.3 is 15.8 Å². The van der Waals surface area contributed by atoms with E-state index in [2.05, 4.69) is 10.3 Å². The number of rotatable bonds is 3. The zero-order valence-corrected chi connectivity index (χ0v) is 9.27. The quantitative estimate of drug-likeness (QED) is 0.855. The van der Waals surface area contributed by atoms with Crippen molar-refractivity contribution >= 4 is 17.2 Å². The van der Waals surface area contributed by atoms with Crippen LogP contribution in [0.5, 0.6) is 5.75 Å². The van der Waals surface area contributed by atoms with Crippen molar-refractivity contribution in [1.82, 2.24) is 4.98 Å². The Morgan fingerprint density at radius 3 is 2.82 bits per heavy atom. The fourth-order valence-corrected chi connectivity index (χ4v) is 1.38. The Morgan fingerprint density at radius 1 is 1.29 bits per heavy atom. The molecular formula is C12H12FN3O. The van der Waals surface area contributed by atoms with E-state index in [1.54, 1.807) is 30.5 Å². The molecule has 0 saturated carbocycles. The van der Waals surface area contributed by atoms with Gasteiger partial charge in [-0.05, 0) is 18.2 Å². The van der Waals surface area contributed by atoms with Gasteiger partial charge in [-0.25, -0.2) is 9.37 Å². The minimum Gasteiger partial charge on any atom is -0.497 e. The summed E-state index contributed by atoms with van der Waals surface area (Å²) in [4.78, 5) is 4.03. The van der Waals surface area contributed by atoms with Gasteiger partial charge in [0.15, 0.2) is 0 Å². The van der Waals surface area contributed by atoms with Crippen molar-refractivity contribution in [3.05, 3.63) is 42.3 Å². The molecule has 2 rings (SSSR count). The number of nitrogens with one attached hydrogen (secondary N) is 1. The lowest BCUT2D eigenvalue weighted by atomic mass is 10.3. The van der Waals surface area contributed by atoms with Gasteiger partial charge in [0.05, 0.1) is 12.8 Å². The van der Waals surface area contributed by atoms with E-state index in [1.807, 2.05) is 0 Å². The molecule has 3 N–H and O–H groups in total. The van der Waals surface area contributed by atoms with Crippen LogP contribution in [0.3, 0.4) is 0 Å². The molecule has 17 heavy (non-hydrogen) atoms. The number of benzene rings is 1. The van der Waals surface area contributed by atoms with Gasteiger partial charge in [-0.2, -0.15) is 0 Å². The first-order valence-electron chi connectivity index (χ1n) is 5.01. The highest BCUT2D eigenvalue weighted by Crippen LogP contribution is 2.24. The summed E-state index contributed by atoms with van der Waals surface area (Å²) in [7, 11) is 1.52. The molecule has 0 bridgehead atoms. The Balaban J connectivity index is 2.29. The number of nitrogen functional groups attached to an aromatic ring is 1. The maximum atomic E-state index is 13.5. The van der Waals surface area contributed by atoms with E-state index in [9.17, 15) is 4.39 Å². The number of methoxy groups -OCH3 is 1. The Bertz CT molecular complexity index is 531. The molecule has 0 amide bonds. The summed E-state index contributed by atoms with van der Waals surface area (Å²) in [5.41, 5.74) is 6.46. The second-order valence-electron chi connectivity index (χ2n) is 3.45. The number of anilines is 3. The first-order valence-corrected chi connectivity index (χ1v) is 5.01. The van der Waals surface area contributed by atoms with Crippen molar-refractivity contribution in [3.8, 4) is 5.75 Å². The fraction of sp³-hybridized carbons (Fsp3) is 0.0833. The lowest BCUT2D eigenvalue weighted by molar-refractivity contribution is 0.414. The van der Waals surface area contributed by atoms with Gasteiger partial charge >= 0.3 is 0 Å². The third-order valence-corrected chi connectivity index (χ3v) is 2.22. The summed E-state index contributed by atoms with van der Waals surface area (Å²) in [6.07, 6.45) is 1.55. The molecule has 0 fully saturated rings. The van der Waals surface area contributed by atoms with E-state index in [4.69, 9.17) is 10.5 Å². The lowest BCUT2D eigenvalue weighted by Gasteiger charge is -2.08. The Morgan fingerprint density at radius 2 is 2.12 bits per heavy atom. The van der Waals surface area contributed by atoms with Gasteiger partial charge in [-0.1, -0.05) is 0 Å². The van der Waals surface area contributed by atoms with Gasteiger partial charge in [-0.15, -0.1) is 0 Å². The van der Waals surface area contributed by atoms with Crippen LogP contribution in [0.25, 0.3) is 0 Å². The molecule has 0 saturated heterocycles. The standard InChI is InChI=1S/C12H12FN3O/c1-17-9-2-3-10(13)11(7-9)16-12-6-8(14)4-5-15-12/h2-7H,1H3,(H3,14,15,16). The summed E-state index contributed by atoms with van der Waals surface area (Å²) in [6.45, 7) is 0. The second-order valence-corrected chi connectivity index (χ2v) is 3.45. The topological polar surface area (TPSA) is 60.2 Å². The molecule has 0 unspecified atom stereocenters. The summed E-state index contributed by atoms with van der Waals surface area (Å²) >= 11 is 0. The Kier molecular flexibility index (Phi) is 3.09. The zero-order chi connectivity index (χ0) is 12.3. The molecule has 0 atom stereocenters. The van der Waals surface area contributed by atoms with Crippen LogP contribution in [-0.2, 0) is 0 Å². The van der Waals surface area contributed by atoms with E-state index < -0.39 is 0 Å². The van der Waals surface area contributed by atoms with Crippen molar-refractivity contribution < 1.29 is 9.13 Å². The third-order valence-electron chi connectivity index (χ3n) is 2.22. The van der Waals surface area contributed by atoms with Crippen LogP contribution in [-0.4, -0.2) is 12.1 Å². The third kappa shape index (κ3) is 2.63. The van der Waals surface area contributed by atoms with Crippen molar-refractivity contribution in [1.29, 1.82) is 0 Å². The first-order chi connectivity index (χ1) is 8.19. The van der Waals surface area contributed by atoms with Crippen LogP contribution < -0.4 is 15.8 Å². The van der Waals surface area contributed by atoms with E-state index in [-0.39, 0.29) is 5.82 Å². The minimum absolute atomic E-state index is 0.294.